The van der Waals surface area contributed by atoms with Gasteiger partial charge in [0.15, 0.2) is 17.6 Å². The van der Waals surface area contributed by atoms with Gasteiger partial charge in [-0.2, -0.15) is 10.4 Å². The van der Waals surface area contributed by atoms with Crippen LogP contribution in [-0.2, 0) is 6.54 Å². The van der Waals surface area contributed by atoms with E-state index in [9.17, 15) is 9.59 Å². The van der Waals surface area contributed by atoms with Gasteiger partial charge in [-0.1, -0.05) is 16.8 Å². The molecule has 0 saturated carbocycles. The van der Waals surface area contributed by atoms with E-state index in [2.05, 4.69) is 10.3 Å². The second-order valence-corrected chi connectivity index (χ2v) is 6.44. The largest absolute Gasteiger partial charge is 0.476 e. The molecule has 126 valence electrons. The van der Waals surface area contributed by atoms with Crippen LogP contribution in [0.15, 0.2) is 28.8 Å². The molecule has 1 amide bonds. The van der Waals surface area contributed by atoms with Gasteiger partial charge >= 0.3 is 5.97 Å². The van der Waals surface area contributed by atoms with Crippen molar-refractivity contribution in [2.75, 3.05) is 0 Å². The van der Waals surface area contributed by atoms with Crippen molar-refractivity contribution < 1.29 is 19.2 Å². The molecule has 0 aliphatic carbocycles. The number of halogens is 1. The minimum Gasteiger partial charge on any atom is -0.476 e. The van der Waals surface area contributed by atoms with E-state index in [1.54, 1.807) is 18.2 Å². The maximum Gasteiger partial charge on any atom is 0.356 e. The Balaban J connectivity index is 1.90. The quantitative estimate of drug-likeness (QED) is 0.514. The van der Waals surface area contributed by atoms with Crippen LogP contribution in [0, 0.1) is 11.5 Å². The molecule has 25 heavy (non-hydrogen) atoms. The third-order valence-electron chi connectivity index (χ3n) is 3.09. The number of amides is 1. The number of nitrogens with one attached hydrogen (secondary N) is 1. The van der Waals surface area contributed by atoms with E-state index >= 15 is 0 Å². The number of carboxylic acid groups (broad SMARTS) is 1. The zero-order chi connectivity index (χ0) is 18.0. The number of aromatic carboxylic acids is 1. The van der Waals surface area contributed by atoms with E-state index in [1.165, 1.54) is 17.5 Å². The first-order valence-corrected chi connectivity index (χ1v) is 7.89. The Morgan fingerprint density at radius 3 is 2.88 bits per heavy atom. The number of carbonyl (C=O) groups is 2. The number of aromatic nitrogens is 3. The molecule has 3 aromatic rings. The summed E-state index contributed by atoms with van der Waals surface area (Å²) in [6.45, 7) is -0.00985. The van der Waals surface area contributed by atoms with Crippen molar-refractivity contribution in [3.63, 3.8) is 0 Å². The maximum absolute atomic E-state index is 11.9. The number of carbonyl (C=O) groups excluding carboxylic acids is 1. The molecule has 0 spiro atoms. The van der Waals surface area contributed by atoms with E-state index in [1.807, 2.05) is 5.32 Å². The van der Waals surface area contributed by atoms with E-state index in [4.69, 9.17) is 26.5 Å². The SMILES string of the molecule is N#CNC(=O)c1cc(C(=O)O)nn1Cc1cc(-c2ccc(Cl)s2)on1. The molecule has 0 aromatic carbocycles. The van der Waals surface area contributed by atoms with Crippen molar-refractivity contribution in [3.05, 3.63) is 45.7 Å². The molecule has 3 heterocycles. The summed E-state index contributed by atoms with van der Waals surface area (Å²) >= 11 is 7.20. The van der Waals surface area contributed by atoms with E-state index in [0.29, 0.717) is 15.8 Å². The van der Waals surface area contributed by atoms with Crippen LogP contribution in [0.2, 0.25) is 4.34 Å². The van der Waals surface area contributed by atoms with Gasteiger partial charge in [0.2, 0.25) is 0 Å². The summed E-state index contributed by atoms with van der Waals surface area (Å²) in [5.41, 5.74) is 0.0186. The predicted molar refractivity (Wildman–Crippen MR) is 86.2 cm³/mol. The molecule has 0 atom stereocenters. The first-order valence-electron chi connectivity index (χ1n) is 6.70. The molecule has 0 unspecified atom stereocenters. The molecule has 9 nitrogen and oxygen atoms in total. The second kappa shape index (κ2) is 6.76. The van der Waals surface area contributed by atoms with Crippen LogP contribution in [0.1, 0.15) is 26.7 Å². The molecular formula is C14H8ClN5O4S. The van der Waals surface area contributed by atoms with Gasteiger partial charge in [0, 0.05) is 12.1 Å². The Labute approximate surface area is 149 Å². The van der Waals surface area contributed by atoms with Gasteiger partial charge in [-0.05, 0) is 12.1 Å². The topological polar surface area (TPSA) is 134 Å². The highest BCUT2D eigenvalue weighted by Crippen LogP contribution is 2.31. The van der Waals surface area contributed by atoms with Crippen molar-refractivity contribution in [2.45, 2.75) is 6.54 Å². The molecule has 3 aromatic heterocycles. The van der Waals surface area contributed by atoms with Gasteiger partial charge < -0.3 is 9.63 Å². The first kappa shape index (κ1) is 16.7. The van der Waals surface area contributed by atoms with Crippen LogP contribution in [0.25, 0.3) is 10.6 Å². The van der Waals surface area contributed by atoms with E-state index < -0.39 is 11.9 Å². The number of thiophene rings is 1. The predicted octanol–water partition coefficient (Wildman–Crippen LogP) is 2.21. The minimum absolute atomic E-state index is 0.00985. The van der Waals surface area contributed by atoms with Crippen molar-refractivity contribution in [1.29, 1.82) is 5.26 Å². The van der Waals surface area contributed by atoms with Crippen LogP contribution in [0.4, 0.5) is 0 Å². The lowest BCUT2D eigenvalue weighted by Gasteiger charge is -2.02. The number of hydrogen-bond donors (Lipinski definition) is 2. The zero-order valence-corrected chi connectivity index (χ0v) is 13.8. The molecule has 0 aliphatic rings. The van der Waals surface area contributed by atoms with E-state index in [0.717, 1.165) is 15.6 Å². The average Bonchev–Trinajstić information content (AvgIpc) is 3.27. The standard InChI is InChI=1S/C14H8ClN5O4S/c15-12-2-1-11(25-12)10-3-7(19-24-10)5-20-9(13(21)17-6-16)4-8(18-20)14(22)23/h1-4H,5H2,(H,17,21)(H,22,23). The molecule has 0 aliphatic heterocycles. The lowest BCUT2D eigenvalue weighted by atomic mass is 10.3. The van der Waals surface area contributed by atoms with Crippen LogP contribution in [-0.4, -0.2) is 31.9 Å². The van der Waals surface area contributed by atoms with Crippen LogP contribution < -0.4 is 5.32 Å². The van der Waals surface area contributed by atoms with Crippen molar-refractivity contribution in [1.82, 2.24) is 20.3 Å². The molecule has 0 fully saturated rings. The van der Waals surface area contributed by atoms with Gasteiger partial charge in [-0.3, -0.25) is 14.8 Å². The summed E-state index contributed by atoms with van der Waals surface area (Å²) in [6.07, 6.45) is 1.49. The Morgan fingerprint density at radius 1 is 1.44 bits per heavy atom. The van der Waals surface area contributed by atoms with Gasteiger partial charge in [-0.15, -0.1) is 11.3 Å². The number of rotatable bonds is 5. The smallest absolute Gasteiger partial charge is 0.356 e. The fourth-order valence-corrected chi connectivity index (χ4v) is 3.03. The third-order valence-corrected chi connectivity index (χ3v) is 4.33. The molecular weight excluding hydrogens is 370 g/mol. The third kappa shape index (κ3) is 3.52. The Bertz CT molecular complexity index is 999. The van der Waals surface area contributed by atoms with Crippen molar-refractivity contribution in [2.24, 2.45) is 0 Å². The van der Waals surface area contributed by atoms with Gasteiger partial charge in [0.25, 0.3) is 5.91 Å². The Morgan fingerprint density at radius 2 is 2.24 bits per heavy atom. The van der Waals surface area contributed by atoms with Crippen molar-refractivity contribution in [3.8, 4) is 16.8 Å². The average molecular weight is 378 g/mol. The molecule has 2 N–H and O–H groups in total. The Hall–Kier alpha value is -3.16. The normalized spacial score (nSPS) is 10.4. The summed E-state index contributed by atoms with van der Waals surface area (Å²) in [5.74, 6) is -1.57. The van der Waals surface area contributed by atoms with Gasteiger partial charge in [0.1, 0.15) is 11.4 Å². The summed E-state index contributed by atoms with van der Waals surface area (Å²) in [5, 5.41) is 27.3. The summed E-state index contributed by atoms with van der Waals surface area (Å²) in [4.78, 5) is 23.7. The summed E-state index contributed by atoms with van der Waals surface area (Å²) < 4.78 is 6.97. The monoisotopic (exact) mass is 377 g/mol. The number of nitrogens with zero attached hydrogens (tertiary/aromatic N) is 4. The molecule has 0 saturated heterocycles. The molecule has 0 bridgehead atoms. The summed E-state index contributed by atoms with van der Waals surface area (Å²) in [7, 11) is 0. The van der Waals surface area contributed by atoms with Crippen LogP contribution >= 0.6 is 22.9 Å². The Kier molecular flexibility index (Phi) is 4.51. The molecule has 11 heteroatoms. The minimum atomic E-state index is -1.29. The van der Waals surface area contributed by atoms with Gasteiger partial charge in [-0.25, -0.2) is 4.79 Å². The highest BCUT2D eigenvalue weighted by atomic mass is 35.5. The lowest BCUT2D eigenvalue weighted by Crippen LogP contribution is -2.22. The van der Waals surface area contributed by atoms with Crippen LogP contribution in [0.5, 0.6) is 0 Å². The highest BCUT2D eigenvalue weighted by Gasteiger charge is 2.20. The number of carboxylic acids is 1. The first-order chi connectivity index (χ1) is 12.0. The van der Waals surface area contributed by atoms with Crippen LogP contribution in [0.3, 0.4) is 0 Å². The molecule has 3 rings (SSSR count). The fourth-order valence-electron chi connectivity index (χ4n) is 2.04. The fraction of sp³-hybridized carbons (Fsp3) is 0.0714. The van der Waals surface area contributed by atoms with Gasteiger partial charge in [0.05, 0.1) is 15.8 Å². The lowest BCUT2D eigenvalue weighted by molar-refractivity contribution is 0.0689. The second-order valence-electron chi connectivity index (χ2n) is 4.73. The zero-order valence-electron chi connectivity index (χ0n) is 12.3. The van der Waals surface area contributed by atoms with E-state index in [-0.39, 0.29) is 17.9 Å². The van der Waals surface area contributed by atoms with Crippen molar-refractivity contribution >= 4 is 34.8 Å². The number of nitriles is 1. The summed E-state index contributed by atoms with van der Waals surface area (Å²) in [6, 6.07) is 6.21. The highest BCUT2D eigenvalue weighted by molar-refractivity contribution is 7.19. The molecule has 0 radical (unpaired) electrons. The maximum atomic E-state index is 11.9. The number of hydrogen-bond acceptors (Lipinski definition) is 7.